The smallest absolute Gasteiger partial charge is 0.245 e. The van der Waals surface area contributed by atoms with Gasteiger partial charge in [0.05, 0.1) is 0 Å². The molecule has 6 heteroatoms. The van der Waals surface area contributed by atoms with Crippen molar-refractivity contribution in [3.8, 4) is 0 Å². The molecule has 0 radical (unpaired) electrons. The molecule has 1 N–H and O–H groups in total. The Kier molecular flexibility index (Phi) is 3.25. The van der Waals surface area contributed by atoms with E-state index in [1.165, 1.54) is 4.31 Å². The number of rotatable bonds is 3. The number of nitrogens with zero attached hydrogens (tertiary/aromatic N) is 1. The predicted molar refractivity (Wildman–Crippen MR) is 59.9 cm³/mol. The van der Waals surface area contributed by atoms with Crippen LogP contribution in [0.2, 0.25) is 0 Å². The maximum absolute atomic E-state index is 12.6. The van der Waals surface area contributed by atoms with E-state index < -0.39 is 16.4 Å². The Morgan fingerprint density at radius 3 is 2.12 bits per heavy atom. The van der Waals surface area contributed by atoms with E-state index in [2.05, 4.69) is 18.6 Å². The van der Waals surface area contributed by atoms with E-state index in [4.69, 9.17) is 0 Å². The Balaban J connectivity index is 1.90. The van der Waals surface area contributed by atoms with Gasteiger partial charge in [-0.2, -0.15) is 17.4 Å². The summed E-state index contributed by atoms with van der Waals surface area (Å²) < 4.78 is 40.0. The molecule has 0 aromatic rings. The van der Waals surface area contributed by atoms with Crippen molar-refractivity contribution in [2.45, 2.75) is 38.9 Å². The van der Waals surface area contributed by atoms with Crippen molar-refractivity contribution in [3.05, 3.63) is 0 Å². The van der Waals surface area contributed by atoms with Crippen molar-refractivity contribution in [2.24, 2.45) is 11.8 Å². The lowest BCUT2D eigenvalue weighted by Crippen LogP contribution is -2.56. The summed E-state index contributed by atoms with van der Waals surface area (Å²) in [6.45, 7) is 4.29. The fourth-order valence-electron chi connectivity index (χ4n) is 2.42. The normalized spacial score (nSPS) is 37.6. The summed E-state index contributed by atoms with van der Waals surface area (Å²) in [6, 6.07) is 0.0219. The number of nitrogens with one attached hydrogen (secondary N) is 1. The van der Waals surface area contributed by atoms with E-state index in [1.807, 2.05) is 0 Å². The molecule has 0 spiro atoms. The standard InChI is InChI=1S/C10H19FN2O2S/c1-7-3-10(4-8(7)2)12-16(14,15)13-5-9(11)6-13/h7-10,12H,3-6H2,1-2H3/t7-,8+,10+. The zero-order chi connectivity index (χ0) is 11.9. The summed E-state index contributed by atoms with van der Waals surface area (Å²) in [6.07, 6.45) is 0.777. The van der Waals surface area contributed by atoms with Gasteiger partial charge in [-0.1, -0.05) is 13.8 Å². The van der Waals surface area contributed by atoms with E-state index in [0.717, 1.165) is 12.8 Å². The molecular formula is C10H19FN2O2S. The van der Waals surface area contributed by atoms with Crippen LogP contribution in [-0.4, -0.2) is 38.0 Å². The van der Waals surface area contributed by atoms with Gasteiger partial charge in [0.1, 0.15) is 6.17 Å². The zero-order valence-corrected chi connectivity index (χ0v) is 10.5. The van der Waals surface area contributed by atoms with Crippen molar-refractivity contribution >= 4 is 10.2 Å². The van der Waals surface area contributed by atoms with Gasteiger partial charge in [-0.05, 0) is 24.7 Å². The van der Waals surface area contributed by atoms with E-state index in [9.17, 15) is 12.8 Å². The summed E-state index contributed by atoms with van der Waals surface area (Å²) in [7, 11) is -3.44. The lowest BCUT2D eigenvalue weighted by molar-refractivity contribution is 0.139. The van der Waals surface area contributed by atoms with Crippen LogP contribution in [0.5, 0.6) is 0 Å². The minimum absolute atomic E-state index is 0.00710. The second-order valence-electron chi connectivity index (χ2n) is 5.16. The highest BCUT2D eigenvalue weighted by molar-refractivity contribution is 7.87. The molecular weight excluding hydrogens is 231 g/mol. The van der Waals surface area contributed by atoms with Crippen LogP contribution in [0.25, 0.3) is 0 Å². The first-order valence-electron chi connectivity index (χ1n) is 5.80. The third kappa shape index (κ3) is 2.38. The van der Waals surface area contributed by atoms with Crippen LogP contribution >= 0.6 is 0 Å². The maximum atomic E-state index is 12.6. The Hall–Kier alpha value is -0.200. The first-order chi connectivity index (χ1) is 7.38. The molecule has 16 heavy (non-hydrogen) atoms. The van der Waals surface area contributed by atoms with Crippen LogP contribution in [-0.2, 0) is 10.2 Å². The Labute approximate surface area is 96.4 Å². The molecule has 0 amide bonds. The molecule has 0 bridgehead atoms. The van der Waals surface area contributed by atoms with Crippen LogP contribution in [0.15, 0.2) is 0 Å². The van der Waals surface area contributed by atoms with Gasteiger partial charge < -0.3 is 0 Å². The first kappa shape index (κ1) is 12.3. The van der Waals surface area contributed by atoms with Crippen molar-refractivity contribution in [2.75, 3.05) is 13.1 Å². The third-order valence-corrected chi connectivity index (χ3v) is 5.35. The molecule has 1 saturated heterocycles. The molecule has 2 fully saturated rings. The van der Waals surface area contributed by atoms with Gasteiger partial charge in [0.2, 0.25) is 0 Å². The third-order valence-electron chi connectivity index (χ3n) is 3.74. The fraction of sp³-hybridized carbons (Fsp3) is 1.00. The van der Waals surface area contributed by atoms with Crippen LogP contribution in [0, 0.1) is 11.8 Å². The lowest BCUT2D eigenvalue weighted by atomic mass is 10.0. The Bertz CT molecular complexity index is 344. The van der Waals surface area contributed by atoms with Crippen LogP contribution in [0.4, 0.5) is 4.39 Å². The van der Waals surface area contributed by atoms with Gasteiger partial charge in [-0.15, -0.1) is 0 Å². The second-order valence-corrected chi connectivity index (χ2v) is 6.86. The molecule has 1 aliphatic carbocycles. The van der Waals surface area contributed by atoms with Gasteiger partial charge in [0, 0.05) is 19.1 Å². The first-order valence-corrected chi connectivity index (χ1v) is 7.24. The monoisotopic (exact) mass is 250 g/mol. The van der Waals surface area contributed by atoms with Crippen LogP contribution in [0.1, 0.15) is 26.7 Å². The minimum atomic E-state index is -3.44. The van der Waals surface area contributed by atoms with E-state index in [0.29, 0.717) is 11.8 Å². The number of halogens is 1. The molecule has 1 saturated carbocycles. The predicted octanol–water partition coefficient (Wildman–Crippen LogP) is 0.909. The van der Waals surface area contributed by atoms with Crippen molar-refractivity contribution < 1.29 is 12.8 Å². The van der Waals surface area contributed by atoms with Crippen LogP contribution < -0.4 is 4.72 Å². The summed E-state index contributed by atoms with van der Waals surface area (Å²) in [5.74, 6) is 1.11. The zero-order valence-electron chi connectivity index (χ0n) is 9.69. The molecule has 3 atom stereocenters. The van der Waals surface area contributed by atoms with E-state index in [1.54, 1.807) is 0 Å². The van der Waals surface area contributed by atoms with Gasteiger partial charge in [0.25, 0.3) is 10.2 Å². The summed E-state index contributed by atoms with van der Waals surface area (Å²) in [5, 5.41) is 0. The number of hydrogen-bond acceptors (Lipinski definition) is 2. The molecule has 1 aliphatic heterocycles. The van der Waals surface area contributed by atoms with Gasteiger partial charge >= 0.3 is 0 Å². The van der Waals surface area contributed by atoms with Gasteiger partial charge in [-0.3, -0.25) is 0 Å². The molecule has 0 aromatic carbocycles. The van der Waals surface area contributed by atoms with Crippen molar-refractivity contribution in [3.63, 3.8) is 0 Å². The number of hydrogen-bond donors (Lipinski definition) is 1. The maximum Gasteiger partial charge on any atom is 0.279 e. The van der Waals surface area contributed by atoms with Gasteiger partial charge in [-0.25, -0.2) is 4.39 Å². The quantitative estimate of drug-likeness (QED) is 0.809. The van der Waals surface area contributed by atoms with Crippen LogP contribution in [0.3, 0.4) is 0 Å². The Morgan fingerprint density at radius 2 is 1.69 bits per heavy atom. The highest BCUT2D eigenvalue weighted by Crippen LogP contribution is 2.31. The molecule has 1 heterocycles. The molecule has 2 aliphatic rings. The minimum Gasteiger partial charge on any atom is -0.245 e. The Morgan fingerprint density at radius 1 is 1.19 bits per heavy atom. The molecule has 4 nitrogen and oxygen atoms in total. The summed E-state index contributed by atoms with van der Waals surface area (Å²) in [5.41, 5.74) is 0. The number of alkyl halides is 1. The van der Waals surface area contributed by atoms with Crippen molar-refractivity contribution in [1.82, 2.24) is 9.03 Å². The largest absolute Gasteiger partial charge is 0.279 e. The molecule has 0 unspecified atom stereocenters. The average molecular weight is 250 g/mol. The lowest BCUT2D eigenvalue weighted by Gasteiger charge is -2.33. The fourth-order valence-corrected chi connectivity index (χ4v) is 3.90. The molecule has 2 rings (SSSR count). The topological polar surface area (TPSA) is 49.4 Å². The highest BCUT2D eigenvalue weighted by atomic mass is 32.2. The van der Waals surface area contributed by atoms with Crippen molar-refractivity contribution in [1.29, 1.82) is 0 Å². The van der Waals surface area contributed by atoms with E-state index >= 15 is 0 Å². The van der Waals surface area contributed by atoms with Gasteiger partial charge in [0.15, 0.2) is 0 Å². The summed E-state index contributed by atoms with van der Waals surface area (Å²) >= 11 is 0. The SMILES string of the molecule is C[C@@H]1C[C@H](NS(=O)(=O)N2CC(F)C2)C[C@@H]1C. The van der Waals surface area contributed by atoms with E-state index in [-0.39, 0.29) is 19.1 Å². The highest BCUT2D eigenvalue weighted by Gasteiger charge is 2.38. The average Bonchev–Trinajstić information content (AvgIpc) is 2.39. The summed E-state index contributed by atoms with van der Waals surface area (Å²) in [4.78, 5) is 0. The molecule has 94 valence electrons. The second kappa shape index (κ2) is 4.23. The molecule has 0 aromatic heterocycles.